The molecule has 0 aliphatic carbocycles. The number of H-pyrrole nitrogens is 1. The van der Waals surface area contributed by atoms with Crippen molar-refractivity contribution in [3.05, 3.63) is 112 Å². The number of carbonyl (C=O) groups is 3. The first kappa shape index (κ1) is 31.2. The second-order valence-electron chi connectivity index (χ2n) is 10.7. The topological polar surface area (TPSA) is 110 Å². The molecule has 1 aliphatic rings. The predicted molar refractivity (Wildman–Crippen MR) is 171 cm³/mol. The minimum Gasteiger partial charge on any atom is -0.480 e. The summed E-state index contributed by atoms with van der Waals surface area (Å²) in [6.45, 7) is 1.90. The minimum absolute atomic E-state index is 0.0476. The second-order valence-corrected chi connectivity index (χ2v) is 11.5. The molecule has 5 rings (SSSR count). The molecule has 0 saturated carbocycles. The van der Waals surface area contributed by atoms with Gasteiger partial charge in [-0.1, -0.05) is 90.8 Å². The number of rotatable bonds is 5. The van der Waals surface area contributed by atoms with E-state index in [1.54, 1.807) is 18.2 Å². The number of hydrogen-bond acceptors (Lipinski definition) is 5. The molecular formula is C34H33Cl2N3O5. The first-order valence-corrected chi connectivity index (χ1v) is 15.2. The smallest absolute Gasteiger partial charge is 0.309 e. The van der Waals surface area contributed by atoms with Crippen LogP contribution in [0, 0.1) is 5.92 Å². The van der Waals surface area contributed by atoms with Crippen LogP contribution in [0.1, 0.15) is 36.9 Å². The zero-order valence-corrected chi connectivity index (χ0v) is 25.6. The van der Waals surface area contributed by atoms with E-state index in [1.807, 2.05) is 73.8 Å². The number of halogens is 2. The fourth-order valence-electron chi connectivity index (χ4n) is 5.21. The predicted octanol–water partition coefficient (Wildman–Crippen LogP) is 6.34. The highest BCUT2D eigenvalue weighted by Crippen LogP contribution is 2.28. The van der Waals surface area contributed by atoms with Crippen LogP contribution in [0.5, 0.6) is 5.75 Å². The van der Waals surface area contributed by atoms with E-state index < -0.39 is 30.1 Å². The largest absolute Gasteiger partial charge is 0.480 e. The van der Waals surface area contributed by atoms with Gasteiger partial charge in [0, 0.05) is 36.0 Å². The number of esters is 1. The van der Waals surface area contributed by atoms with Crippen molar-refractivity contribution < 1.29 is 23.9 Å². The van der Waals surface area contributed by atoms with Crippen molar-refractivity contribution in [3.63, 3.8) is 0 Å². The Kier molecular flexibility index (Phi) is 10.2. The number of carbonyl (C=O) groups excluding carboxylic acids is 3. The fourth-order valence-corrected chi connectivity index (χ4v) is 5.50. The average molecular weight is 635 g/mol. The third-order valence-corrected chi connectivity index (χ3v) is 8.28. The van der Waals surface area contributed by atoms with Gasteiger partial charge >= 0.3 is 5.97 Å². The van der Waals surface area contributed by atoms with Crippen LogP contribution < -0.4 is 15.4 Å². The molecule has 2 amide bonds. The van der Waals surface area contributed by atoms with Crippen LogP contribution in [0.2, 0.25) is 10.0 Å². The molecule has 0 fully saturated rings. The van der Waals surface area contributed by atoms with Crippen molar-refractivity contribution in [3.8, 4) is 5.75 Å². The molecule has 4 atom stereocenters. The van der Waals surface area contributed by atoms with Crippen molar-refractivity contribution in [1.82, 2.24) is 15.6 Å². The number of benzene rings is 3. The van der Waals surface area contributed by atoms with Gasteiger partial charge in [0.2, 0.25) is 5.91 Å². The van der Waals surface area contributed by atoms with E-state index in [4.69, 9.17) is 32.7 Å². The summed E-state index contributed by atoms with van der Waals surface area (Å²) in [6.07, 6.45) is 4.71. The first-order chi connectivity index (χ1) is 21.3. The lowest BCUT2D eigenvalue weighted by molar-refractivity contribution is -0.144. The highest BCUT2D eigenvalue weighted by Gasteiger charge is 2.31. The van der Waals surface area contributed by atoms with Crippen LogP contribution in [-0.4, -0.2) is 41.5 Å². The molecule has 0 radical (unpaired) electrons. The van der Waals surface area contributed by atoms with Gasteiger partial charge in [0.05, 0.1) is 29.1 Å². The van der Waals surface area contributed by atoms with Gasteiger partial charge < -0.3 is 25.1 Å². The number of nitrogens with one attached hydrogen (secondary N) is 3. The Bertz CT molecular complexity index is 1660. The van der Waals surface area contributed by atoms with E-state index in [0.29, 0.717) is 10.8 Å². The maximum absolute atomic E-state index is 14.1. The fraction of sp³-hybridized carbons (Fsp3) is 0.265. The molecule has 2 heterocycles. The standard InChI is InChI=1S/C34H33Cl2N3O5/c1-21-8-7-13-31(40)43-17-16-30(44-24-14-15-26(35)27(36)19-24)34(42)38-29(18-23-20-37-28-12-6-5-11-25(23)28)33(41)39-32(21)22-9-3-2-4-10-22/h2-12,14-15,19-21,29-30,32,37H,13,16-18H2,1H3,(H,38,42)(H,39,41)/b8-7+/t21-,29-,30?,32+/m0/s1. The molecule has 1 unspecified atom stereocenters. The Balaban J connectivity index is 1.49. The number of ether oxygens (including phenoxy) is 2. The van der Waals surface area contributed by atoms with Gasteiger partial charge in [-0.15, -0.1) is 0 Å². The Morgan fingerprint density at radius 3 is 2.48 bits per heavy atom. The van der Waals surface area contributed by atoms with Gasteiger partial charge in [-0.2, -0.15) is 0 Å². The summed E-state index contributed by atoms with van der Waals surface area (Å²) >= 11 is 12.2. The van der Waals surface area contributed by atoms with Gasteiger partial charge in [-0.3, -0.25) is 14.4 Å². The van der Waals surface area contributed by atoms with Crippen molar-refractivity contribution in [2.45, 2.75) is 44.4 Å². The van der Waals surface area contributed by atoms with Crippen LogP contribution in [0.4, 0.5) is 0 Å². The molecule has 0 bridgehead atoms. The van der Waals surface area contributed by atoms with Crippen molar-refractivity contribution in [1.29, 1.82) is 0 Å². The molecule has 44 heavy (non-hydrogen) atoms. The molecule has 4 aromatic rings. The van der Waals surface area contributed by atoms with Crippen molar-refractivity contribution in [2.75, 3.05) is 6.61 Å². The monoisotopic (exact) mass is 633 g/mol. The quantitative estimate of drug-likeness (QED) is 0.176. The zero-order chi connectivity index (χ0) is 31.1. The summed E-state index contributed by atoms with van der Waals surface area (Å²) in [5.74, 6) is -1.19. The number of aromatic nitrogens is 1. The van der Waals surface area contributed by atoms with Crippen LogP contribution in [0.3, 0.4) is 0 Å². The molecule has 10 heteroatoms. The van der Waals surface area contributed by atoms with E-state index in [2.05, 4.69) is 15.6 Å². The lowest BCUT2D eigenvalue weighted by Crippen LogP contribution is -2.53. The van der Waals surface area contributed by atoms with Crippen LogP contribution in [0.15, 0.2) is 91.1 Å². The molecule has 0 spiro atoms. The summed E-state index contributed by atoms with van der Waals surface area (Å²) in [6, 6.07) is 20.7. The van der Waals surface area contributed by atoms with Crippen molar-refractivity contribution >= 4 is 51.9 Å². The summed E-state index contributed by atoms with van der Waals surface area (Å²) in [5, 5.41) is 7.65. The van der Waals surface area contributed by atoms with Crippen LogP contribution in [-0.2, 0) is 25.5 Å². The van der Waals surface area contributed by atoms with E-state index >= 15 is 0 Å². The van der Waals surface area contributed by atoms with Gasteiger partial charge in [0.1, 0.15) is 11.8 Å². The minimum atomic E-state index is -1.09. The number of aromatic amines is 1. The highest BCUT2D eigenvalue weighted by atomic mass is 35.5. The highest BCUT2D eigenvalue weighted by molar-refractivity contribution is 6.42. The molecule has 8 nitrogen and oxygen atoms in total. The van der Waals surface area contributed by atoms with Gasteiger partial charge in [0.15, 0.2) is 6.10 Å². The van der Waals surface area contributed by atoms with E-state index in [-0.39, 0.29) is 42.7 Å². The summed E-state index contributed by atoms with van der Waals surface area (Å²) in [7, 11) is 0. The van der Waals surface area contributed by atoms with Crippen molar-refractivity contribution in [2.24, 2.45) is 5.92 Å². The number of fused-ring (bicyclic) bond motifs is 1. The number of para-hydroxylation sites is 1. The Morgan fingerprint density at radius 2 is 1.68 bits per heavy atom. The number of amides is 2. The third-order valence-electron chi connectivity index (χ3n) is 7.54. The van der Waals surface area contributed by atoms with Gasteiger partial charge in [-0.25, -0.2) is 0 Å². The summed E-state index contributed by atoms with van der Waals surface area (Å²) in [4.78, 5) is 43.6. The second kappa shape index (κ2) is 14.5. The molecule has 0 saturated heterocycles. The molecule has 228 valence electrons. The normalized spacial score (nSPS) is 22.7. The lowest BCUT2D eigenvalue weighted by atomic mass is 9.93. The summed E-state index contributed by atoms with van der Waals surface area (Å²) < 4.78 is 11.4. The zero-order valence-electron chi connectivity index (χ0n) is 24.1. The van der Waals surface area contributed by atoms with E-state index in [0.717, 1.165) is 22.0 Å². The Morgan fingerprint density at radius 1 is 0.909 bits per heavy atom. The molecule has 1 aromatic heterocycles. The summed E-state index contributed by atoms with van der Waals surface area (Å²) in [5.41, 5.74) is 2.69. The van der Waals surface area contributed by atoms with E-state index in [9.17, 15) is 14.4 Å². The lowest BCUT2D eigenvalue weighted by Gasteiger charge is -2.28. The molecule has 3 aromatic carbocycles. The molecular weight excluding hydrogens is 601 g/mol. The maximum atomic E-state index is 14.1. The van der Waals surface area contributed by atoms with Gasteiger partial charge in [-0.05, 0) is 35.2 Å². The van der Waals surface area contributed by atoms with E-state index in [1.165, 1.54) is 6.07 Å². The molecule has 1 aliphatic heterocycles. The SMILES string of the molecule is C[C@H]1/C=C/CC(=O)OCCC(Oc2ccc(Cl)c(Cl)c2)C(=O)N[C@@H](Cc2c[nH]c3ccccc23)C(=O)N[C@H]1c1ccccc1. The number of cyclic esters (lactones) is 1. The third kappa shape index (κ3) is 7.81. The average Bonchev–Trinajstić information content (AvgIpc) is 3.43. The van der Waals surface area contributed by atoms with Crippen LogP contribution >= 0.6 is 23.2 Å². The van der Waals surface area contributed by atoms with Gasteiger partial charge in [0.25, 0.3) is 5.91 Å². The molecule has 3 N–H and O–H groups in total. The first-order valence-electron chi connectivity index (χ1n) is 14.4. The Hall–Kier alpha value is -4.27. The van der Waals surface area contributed by atoms with Crippen LogP contribution in [0.25, 0.3) is 10.9 Å². The maximum Gasteiger partial charge on any atom is 0.309 e. The number of hydrogen-bond donors (Lipinski definition) is 3. The Labute approximate surface area is 265 Å².